The third-order valence-electron chi connectivity index (χ3n) is 6.42. The highest BCUT2D eigenvalue weighted by Gasteiger charge is 2.32. The van der Waals surface area contributed by atoms with Crippen LogP contribution in [0.25, 0.3) is 0 Å². The van der Waals surface area contributed by atoms with Gasteiger partial charge in [-0.05, 0) is 62.5 Å². The molecule has 1 fully saturated rings. The van der Waals surface area contributed by atoms with E-state index in [-0.39, 0.29) is 23.4 Å². The fraction of sp³-hybridized carbons (Fsp3) is 0.542. The summed E-state index contributed by atoms with van der Waals surface area (Å²) in [7, 11) is 0. The van der Waals surface area contributed by atoms with Crippen molar-refractivity contribution < 1.29 is 4.79 Å². The molecule has 5 heteroatoms. The largest absolute Gasteiger partial charge is 0.351 e. The van der Waals surface area contributed by atoms with Gasteiger partial charge >= 0.3 is 0 Å². The third kappa shape index (κ3) is 4.60. The van der Waals surface area contributed by atoms with E-state index >= 15 is 0 Å². The molecule has 1 heterocycles. The van der Waals surface area contributed by atoms with Gasteiger partial charge in [-0.15, -0.1) is 0 Å². The molecule has 0 radical (unpaired) electrons. The lowest BCUT2D eigenvalue weighted by atomic mass is 9.84. The van der Waals surface area contributed by atoms with Gasteiger partial charge in [0.25, 0.3) is 5.56 Å². The summed E-state index contributed by atoms with van der Waals surface area (Å²) in [4.78, 5) is 25.7. The lowest BCUT2D eigenvalue weighted by Crippen LogP contribution is -2.42. The van der Waals surface area contributed by atoms with Crippen LogP contribution in [0.5, 0.6) is 0 Å². The highest BCUT2D eigenvalue weighted by Crippen LogP contribution is 2.37. The number of carbonyl (C=O) groups excluding carboxylic acids is 1. The second-order valence-corrected chi connectivity index (χ2v) is 8.69. The van der Waals surface area contributed by atoms with Crippen molar-refractivity contribution >= 4 is 5.91 Å². The predicted molar refractivity (Wildman–Crippen MR) is 114 cm³/mol. The molecule has 0 bridgehead atoms. The van der Waals surface area contributed by atoms with Gasteiger partial charge in [0.05, 0.1) is 18.2 Å². The summed E-state index contributed by atoms with van der Waals surface area (Å²) < 4.78 is 1.53. The van der Waals surface area contributed by atoms with Crippen molar-refractivity contribution in [3.8, 4) is 0 Å². The number of hydrogen-bond acceptors (Lipinski definition) is 3. The normalized spacial score (nSPS) is 18.8. The van der Waals surface area contributed by atoms with Crippen molar-refractivity contribution in [2.75, 3.05) is 0 Å². The lowest BCUT2D eigenvalue weighted by molar-refractivity contribution is -0.124. The number of aromatic nitrogens is 2. The van der Waals surface area contributed by atoms with E-state index in [2.05, 4.69) is 22.5 Å². The van der Waals surface area contributed by atoms with Crippen molar-refractivity contribution in [3.63, 3.8) is 0 Å². The van der Waals surface area contributed by atoms with Crippen LogP contribution in [0.15, 0.2) is 41.2 Å². The molecule has 5 nitrogen and oxygen atoms in total. The van der Waals surface area contributed by atoms with E-state index in [4.69, 9.17) is 0 Å². The topological polar surface area (TPSA) is 64.0 Å². The molecule has 1 N–H and O–H groups in total. The van der Waals surface area contributed by atoms with Gasteiger partial charge in [-0.25, -0.2) is 4.68 Å². The minimum Gasteiger partial charge on any atom is -0.351 e. The van der Waals surface area contributed by atoms with Gasteiger partial charge < -0.3 is 5.32 Å². The van der Waals surface area contributed by atoms with Crippen molar-refractivity contribution in [1.29, 1.82) is 0 Å². The standard InChI is InChI=1S/C24H31N3O2/c1-17(16-27-22(28)15-20-13-7-8-14-21(20)26-27)25-24(29)23(19-11-5-6-12-19)18-9-3-2-4-10-18/h2-4,9-10,15,17,19,23H,5-8,11-14,16H2,1H3,(H,25,29)/t17-,23-/m0/s1. The fourth-order valence-electron chi connectivity index (χ4n) is 4.96. The fourth-order valence-corrected chi connectivity index (χ4v) is 4.96. The number of carbonyl (C=O) groups is 1. The second-order valence-electron chi connectivity index (χ2n) is 8.69. The highest BCUT2D eigenvalue weighted by molar-refractivity contribution is 5.84. The highest BCUT2D eigenvalue weighted by atomic mass is 16.2. The second kappa shape index (κ2) is 8.93. The average Bonchev–Trinajstić information content (AvgIpc) is 3.23. The minimum absolute atomic E-state index is 0.0675. The molecule has 0 unspecified atom stereocenters. The maximum atomic E-state index is 13.2. The predicted octanol–water partition coefficient (Wildman–Crippen LogP) is 3.60. The SMILES string of the molecule is C[C@@H](Cn1nc2c(cc1=O)CCCC2)NC(=O)[C@@H](c1ccccc1)C1CCCC1. The maximum absolute atomic E-state index is 13.2. The Morgan fingerprint density at radius 2 is 1.86 bits per heavy atom. The van der Waals surface area contributed by atoms with Gasteiger partial charge in [0.1, 0.15) is 0 Å². The number of fused-ring (bicyclic) bond motifs is 1. The molecule has 154 valence electrons. The molecule has 2 aromatic rings. The summed E-state index contributed by atoms with van der Waals surface area (Å²) in [6.45, 7) is 2.37. The number of benzene rings is 1. The van der Waals surface area contributed by atoms with Crippen molar-refractivity contribution in [1.82, 2.24) is 15.1 Å². The first-order chi connectivity index (χ1) is 14.1. The third-order valence-corrected chi connectivity index (χ3v) is 6.42. The van der Waals surface area contributed by atoms with Crippen molar-refractivity contribution in [2.24, 2.45) is 5.92 Å². The first-order valence-electron chi connectivity index (χ1n) is 11.1. The van der Waals surface area contributed by atoms with Crippen LogP contribution in [-0.4, -0.2) is 21.7 Å². The zero-order valence-corrected chi connectivity index (χ0v) is 17.3. The van der Waals surface area contributed by atoms with Crippen LogP contribution in [0.4, 0.5) is 0 Å². The molecule has 0 saturated heterocycles. The summed E-state index contributed by atoms with van der Waals surface area (Å²) in [5, 5.41) is 7.77. The maximum Gasteiger partial charge on any atom is 0.267 e. The van der Waals surface area contributed by atoms with Crippen LogP contribution >= 0.6 is 0 Å². The number of nitrogens with zero attached hydrogens (tertiary/aromatic N) is 2. The quantitative estimate of drug-likeness (QED) is 0.816. The Morgan fingerprint density at radius 3 is 2.62 bits per heavy atom. The van der Waals surface area contributed by atoms with Crippen LogP contribution in [-0.2, 0) is 24.2 Å². The molecule has 29 heavy (non-hydrogen) atoms. The molecule has 2 aliphatic carbocycles. The number of aryl methyl sites for hydroxylation is 2. The molecule has 0 spiro atoms. The number of nitrogens with one attached hydrogen (secondary N) is 1. The van der Waals surface area contributed by atoms with E-state index in [9.17, 15) is 9.59 Å². The molecular weight excluding hydrogens is 362 g/mol. The molecule has 2 aliphatic rings. The molecule has 4 rings (SSSR count). The van der Waals surface area contributed by atoms with E-state index < -0.39 is 0 Å². The first kappa shape index (κ1) is 19.9. The van der Waals surface area contributed by atoms with Crippen molar-refractivity contribution in [2.45, 2.75) is 76.8 Å². The average molecular weight is 394 g/mol. The molecule has 1 aromatic heterocycles. The zero-order chi connectivity index (χ0) is 20.2. The van der Waals surface area contributed by atoms with Crippen molar-refractivity contribution in [3.05, 3.63) is 63.6 Å². The van der Waals surface area contributed by atoms with Gasteiger partial charge in [0, 0.05) is 12.1 Å². The Balaban J connectivity index is 1.47. The summed E-state index contributed by atoms with van der Waals surface area (Å²) in [6, 6.07) is 11.7. The van der Waals surface area contributed by atoms with Gasteiger partial charge in [0.2, 0.25) is 5.91 Å². The Morgan fingerprint density at radius 1 is 1.14 bits per heavy atom. The van der Waals surface area contributed by atoms with Crippen LogP contribution in [0.1, 0.15) is 68.2 Å². The Bertz CT molecular complexity index is 900. The van der Waals surface area contributed by atoms with E-state index in [0.717, 1.165) is 55.3 Å². The van der Waals surface area contributed by atoms with Gasteiger partial charge in [-0.2, -0.15) is 5.10 Å². The van der Waals surface area contributed by atoms with Crippen LogP contribution in [0.2, 0.25) is 0 Å². The van der Waals surface area contributed by atoms with E-state index in [1.54, 1.807) is 6.07 Å². The lowest BCUT2D eigenvalue weighted by Gasteiger charge is -2.25. The molecule has 2 atom stereocenters. The van der Waals surface area contributed by atoms with E-state index in [1.807, 2.05) is 25.1 Å². The minimum atomic E-state index is -0.151. The molecule has 1 amide bonds. The summed E-state index contributed by atoms with van der Waals surface area (Å²) >= 11 is 0. The summed E-state index contributed by atoms with van der Waals surface area (Å²) in [5.41, 5.74) is 3.16. The first-order valence-corrected chi connectivity index (χ1v) is 11.1. The van der Waals surface area contributed by atoms with Crippen LogP contribution in [0.3, 0.4) is 0 Å². The summed E-state index contributed by atoms with van der Waals surface area (Å²) in [5.74, 6) is 0.352. The molecule has 1 saturated carbocycles. The van der Waals surface area contributed by atoms with Crippen LogP contribution < -0.4 is 10.9 Å². The zero-order valence-electron chi connectivity index (χ0n) is 17.3. The molecule has 0 aliphatic heterocycles. The van der Waals surface area contributed by atoms with Crippen LogP contribution in [0, 0.1) is 5.92 Å². The Hall–Kier alpha value is -2.43. The number of hydrogen-bond donors (Lipinski definition) is 1. The summed E-state index contributed by atoms with van der Waals surface area (Å²) in [6.07, 6.45) is 8.76. The number of amides is 1. The van der Waals surface area contributed by atoms with E-state index in [1.165, 1.54) is 17.5 Å². The molecule has 1 aromatic carbocycles. The Kier molecular flexibility index (Phi) is 6.12. The molecular formula is C24H31N3O2. The monoisotopic (exact) mass is 393 g/mol. The van der Waals surface area contributed by atoms with Gasteiger partial charge in [-0.3, -0.25) is 9.59 Å². The number of rotatable bonds is 6. The van der Waals surface area contributed by atoms with Gasteiger partial charge in [-0.1, -0.05) is 43.2 Å². The smallest absolute Gasteiger partial charge is 0.267 e. The van der Waals surface area contributed by atoms with Gasteiger partial charge in [0.15, 0.2) is 0 Å². The van der Waals surface area contributed by atoms with E-state index in [0.29, 0.717) is 12.5 Å². The Labute approximate surface area is 172 Å².